The number of aliphatic imine (C=N–C) groups is 1. The summed E-state index contributed by atoms with van der Waals surface area (Å²) in [7, 11) is 1.78. The normalized spacial score (nSPS) is 14.8. The molecule has 0 atom stereocenters. The van der Waals surface area contributed by atoms with E-state index in [-0.39, 0.29) is 0 Å². The van der Waals surface area contributed by atoms with Crippen molar-refractivity contribution >= 4 is 5.96 Å². The number of hydrogen-bond acceptors (Lipinski definition) is 5. The Morgan fingerprint density at radius 2 is 1.74 bits per heavy atom. The maximum Gasteiger partial charge on any atom is 0.191 e. The Morgan fingerprint density at radius 3 is 2.55 bits per heavy atom. The summed E-state index contributed by atoms with van der Waals surface area (Å²) in [6, 6.07) is 18.1. The Balaban J connectivity index is 1.31. The van der Waals surface area contributed by atoms with Gasteiger partial charge in [0.1, 0.15) is 18.1 Å². The molecule has 1 aliphatic heterocycles. The molecule has 3 rings (SSSR count). The standard InChI is InChI=1S/C24H34N4O3/c1-25-24(26-11-6-15-30-22-8-3-2-4-9-22)27-20-21-7-5-10-23(19-21)31-18-14-28-12-16-29-17-13-28/h2-5,7-10,19H,6,11-18,20H2,1H3,(H2,25,26,27). The molecule has 0 aromatic heterocycles. The summed E-state index contributed by atoms with van der Waals surface area (Å²) in [5.41, 5.74) is 1.15. The first-order valence-corrected chi connectivity index (χ1v) is 11.0. The lowest BCUT2D eigenvalue weighted by Crippen LogP contribution is -2.38. The van der Waals surface area contributed by atoms with Crippen molar-refractivity contribution in [3.8, 4) is 11.5 Å². The van der Waals surface area contributed by atoms with Gasteiger partial charge in [0, 0.05) is 39.8 Å². The van der Waals surface area contributed by atoms with Crippen LogP contribution in [0.5, 0.6) is 11.5 Å². The van der Waals surface area contributed by atoms with E-state index >= 15 is 0 Å². The van der Waals surface area contributed by atoms with Crippen molar-refractivity contribution < 1.29 is 14.2 Å². The van der Waals surface area contributed by atoms with Crippen LogP contribution < -0.4 is 20.1 Å². The largest absolute Gasteiger partial charge is 0.494 e. The fourth-order valence-corrected chi connectivity index (χ4v) is 3.25. The van der Waals surface area contributed by atoms with Crippen LogP contribution >= 0.6 is 0 Å². The van der Waals surface area contributed by atoms with Crippen molar-refractivity contribution in [2.45, 2.75) is 13.0 Å². The molecule has 0 aliphatic carbocycles. The van der Waals surface area contributed by atoms with Crippen molar-refractivity contribution in [1.29, 1.82) is 0 Å². The van der Waals surface area contributed by atoms with Gasteiger partial charge in [-0.15, -0.1) is 0 Å². The Hall–Kier alpha value is -2.77. The lowest BCUT2D eigenvalue weighted by Gasteiger charge is -2.26. The third-order valence-electron chi connectivity index (χ3n) is 4.99. The Morgan fingerprint density at radius 1 is 0.968 bits per heavy atom. The van der Waals surface area contributed by atoms with Crippen molar-refractivity contribution in [1.82, 2.24) is 15.5 Å². The van der Waals surface area contributed by atoms with Crippen LogP contribution in [0.4, 0.5) is 0 Å². The number of guanidine groups is 1. The van der Waals surface area contributed by atoms with Crippen LogP contribution in [-0.4, -0.2) is 70.5 Å². The maximum absolute atomic E-state index is 5.94. The van der Waals surface area contributed by atoms with Gasteiger partial charge in [-0.05, 0) is 36.2 Å². The second-order valence-electron chi connectivity index (χ2n) is 7.32. The molecule has 1 fully saturated rings. The van der Waals surface area contributed by atoms with Crippen molar-refractivity contribution in [3.63, 3.8) is 0 Å². The van der Waals surface area contributed by atoms with Gasteiger partial charge in [0.05, 0.1) is 19.8 Å². The number of rotatable bonds is 11. The second kappa shape index (κ2) is 13.5. The number of nitrogens with zero attached hydrogens (tertiary/aromatic N) is 2. The zero-order chi connectivity index (χ0) is 21.6. The molecule has 0 amide bonds. The average molecular weight is 427 g/mol. The van der Waals surface area contributed by atoms with Crippen LogP contribution in [0.3, 0.4) is 0 Å². The van der Waals surface area contributed by atoms with E-state index in [9.17, 15) is 0 Å². The number of morpholine rings is 1. The first-order chi connectivity index (χ1) is 15.3. The molecule has 2 N–H and O–H groups in total. The van der Waals surface area contributed by atoms with Crippen LogP contribution in [0.15, 0.2) is 59.6 Å². The molecular weight excluding hydrogens is 392 g/mol. The predicted molar refractivity (Wildman–Crippen MR) is 124 cm³/mol. The van der Waals surface area contributed by atoms with Crippen LogP contribution in [0.1, 0.15) is 12.0 Å². The van der Waals surface area contributed by atoms with E-state index in [1.165, 1.54) is 0 Å². The minimum Gasteiger partial charge on any atom is -0.494 e. The molecule has 7 nitrogen and oxygen atoms in total. The molecule has 2 aromatic rings. The summed E-state index contributed by atoms with van der Waals surface area (Å²) >= 11 is 0. The van der Waals surface area contributed by atoms with Gasteiger partial charge < -0.3 is 24.8 Å². The predicted octanol–water partition coefficient (Wildman–Crippen LogP) is 2.53. The highest BCUT2D eigenvalue weighted by Gasteiger charge is 2.09. The van der Waals surface area contributed by atoms with E-state index in [0.717, 1.165) is 68.8 Å². The molecule has 1 aliphatic rings. The van der Waals surface area contributed by atoms with Crippen molar-refractivity contribution in [2.24, 2.45) is 4.99 Å². The lowest BCUT2D eigenvalue weighted by molar-refractivity contribution is 0.0322. The number of hydrogen-bond donors (Lipinski definition) is 2. The number of benzene rings is 2. The summed E-state index contributed by atoms with van der Waals surface area (Å²) < 4.78 is 17.0. The summed E-state index contributed by atoms with van der Waals surface area (Å²) in [6.07, 6.45) is 0.891. The summed E-state index contributed by atoms with van der Waals surface area (Å²) in [5, 5.41) is 6.67. The Kier molecular flexibility index (Phi) is 9.99. The minimum atomic E-state index is 0.665. The van der Waals surface area contributed by atoms with E-state index in [2.05, 4.69) is 32.7 Å². The molecule has 0 unspecified atom stereocenters. The van der Waals surface area contributed by atoms with Gasteiger partial charge in [-0.1, -0.05) is 30.3 Å². The van der Waals surface area contributed by atoms with E-state index < -0.39 is 0 Å². The van der Waals surface area contributed by atoms with Crippen LogP contribution in [-0.2, 0) is 11.3 Å². The Labute approximate surface area is 185 Å². The van der Waals surface area contributed by atoms with E-state index in [0.29, 0.717) is 19.8 Å². The SMILES string of the molecule is CN=C(NCCCOc1ccccc1)NCc1cccc(OCCN2CCOCC2)c1. The van der Waals surface area contributed by atoms with Crippen LogP contribution in [0, 0.1) is 0 Å². The molecule has 0 bridgehead atoms. The number of nitrogens with one attached hydrogen (secondary N) is 2. The smallest absolute Gasteiger partial charge is 0.191 e. The van der Waals surface area contributed by atoms with Crippen molar-refractivity contribution in [2.75, 3.05) is 59.7 Å². The van der Waals surface area contributed by atoms with Crippen molar-refractivity contribution in [3.05, 3.63) is 60.2 Å². The van der Waals surface area contributed by atoms with Gasteiger partial charge in [0.25, 0.3) is 0 Å². The summed E-state index contributed by atoms with van der Waals surface area (Å²) in [6.45, 7) is 7.35. The van der Waals surface area contributed by atoms with Gasteiger partial charge in [0.15, 0.2) is 5.96 Å². The number of para-hydroxylation sites is 1. The molecule has 0 saturated carbocycles. The first-order valence-electron chi connectivity index (χ1n) is 11.0. The van der Waals surface area contributed by atoms with E-state index in [1.807, 2.05) is 42.5 Å². The summed E-state index contributed by atoms with van der Waals surface area (Å²) in [4.78, 5) is 6.66. The highest BCUT2D eigenvalue weighted by Crippen LogP contribution is 2.13. The van der Waals surface area contributed by atoms with E-state index in [1.54, 1.807) is 7.05 Å². The molecule has 168 valence electrons. The maximum atomic E-state index is 5.94. The zero-order valence-electron chi connectivity index (χ0n) is 18.4. The fraction of sp³-hybridized carbons (Fsp3) is 0.458. The highest BCUT2D eigenvalue weighted by atomic mass is 16.5. The van der Waals surface area contributed by atoms with E-state index in [4.69, 9.17) is 14.2 Å². The van der Waals surface area contributed by atoms with Crippen LogP contribution in [0.25, 0.3) is 0 Å². The van der Waals surface area contributed by atoms with Gasteiger partial charge in [0.2, 0.25) is 0 Å². The third kappa shape index (κ3) is 8.86. The molecule has 1 saturated heterocycles. The molecular formula is C24H34N4O3. The van der Waals surface area contributed by atoms with Gasteiger partial charge in [-0.25, -0.2) is 0 Å². The molecule has 0 radical (unpaired) electrons. The molecule has 31 heavy (non-hydrogen) atoms. The number of ether oxygens (including phenoxy) is 3. The molecule has 7 heteroatoms. The zero-order valence-corrected chi connectivity index (χ0v) is 18.4. The Bertz CT molecular complexity index is 779. The molecule has 1 heterocycles. The topological polar surface area (TPSA) is 67.4 Å². The first kappa shape index (κ1) is 22.9. The van der Waals surface area contributed by atoms with Gasteiger partial charge in [-0.2, -0.15) is 0 Å². The van der Waals surface area contributed by atoms with Gasteiger partial charge in [-0.3, -0.25) is 9.89 Å². The fourth-order valence-electron chi connectivity index (χ4n) is 3.25. The average Bonchev–Trinajstić information content (AvgIpc) is 2.82. The lowest BCUT2D eigenvalue weighted by atomic mass is 10.2. The third-order valence-corrected chi connectivity index (χ3v) is 4.99. The monoisotopic (exact) mass is 426 g/mol. The summed E-state index contributed by atoms with van der Waals surface area (Å²) in [5.74, 6) is 2.57. The highest BCUT2D eigenvalue weighted by molar-refractivity contribution is 5.79. The molecule has 2 aromatic carbocycles. The quantitative estimate of drug-likeness (QED) is 0.327. The van der Waals surface area contributed by atoms with Crippen LogP contribution in [0.2, 0.25) is 0 Å². The molecule has 0 spiro atoms. The minimum absolute atomic E-state index is 0.665. The van der Waals surface area contributed by atoms with Gasteiger partial charge >= 0.3 is 0 Å². The second-order valence-corrected chi connectivity index (χ2v) is 7.32.